The minimum atomic E-state index is -0.0331. The first kappa shape index (κ1) is 20.8. The third kappa shape index (κ3) is 7.72. The van der Waals surface area contributed by atoms with E-state index in [4.69, 9.17) is 9.47 Å². The van der Waals surface area contributed by atoms with Crippen LogP contribution < -0.4 is 20.1 Å². The van der Waals surface area contributed by atoms with Gasteiger partial charge in [0.1, 0.15) is 6.10 Å². The second kappa shape index (κ2) is 9.76. The summed E-state index contributed by atoms with van der Waals surface area (Å²) in [7, 11) is 3.40. The predicted octanol–water partition coefficient (Wildman–Crippen LogP) is 3.04. The van der Waals surface area contributed by atoms with E-state index in [2.05, 4.69) is 36.4 Å². The van der Waals surface area contributed by atoms with Gasteiger partial charge in [0.25, 0.3) is 0 Å². The summed E-state index contributed by atoms with van der Waals surface area (Å²) < 4.78 is 11.2. The van der Waals surface area contributed by atoms with E-state index in [1.807, 2.05) is 31.2 Å². The number of hydrogen-bond donors (Lipinski definition) is 2. The number of para-hydroxylation sites is 2. The van der Waals surface area contributed by atoms with Crippen molar-refractivity contribution in [2.45, 2.75) is 39.3 Å². The van der Waals surface area contributed by atoms with Crippen LogP contribution in [0.15, 0.2) is 29.3 Å². The fourth-order valence-corrected chi connectivity index (χ4v) is 1.75. The van der Waals surface area contributed by atoms with Crippen LogP contribution in [0.1, 0.15) is 27.7 Å². The van der Waals surface area contributed by atoms with Gasteiger partial charge in [0.15, 0.2) is 17.5 Å². The van der Waals surface area contributed by atoms with Crippen LogP contribution >= 0.6 is 24.0 Å². The Labute approximate surface area is 150 Å². The standard InChI is InChI=1S/C16H27N3O2.HI/c1-12(11-18-15(17-5)19-16(2,3)4)21-14-10-8-7-9-13(14)20-6;/h7-10,12H,11H2,1-6H3,(H2,17,18,19);1H. The van der Waals surface area contributed by atoms with Gasteiger partial charge in [0.2, 0.25) is 0 Å². The van der Waals surface area contributed by atoms with E-state index in [0.29, 0.717) is 6.54 Å². The third-order valence-electron chi connectivity index (χ3n) is 2.67. The lowest BCUT2D eigenvalue weighted by atomic mass is 10.1. The van der Waals surface area contributed by atoms with Crippen LogP contribution in [0.25, 0.3) is 0 Å². The molecule has 1 atom stereocenters. The predicted molar refractivity (Wildman–Crippen MR) is 103 cm³/mol. The molecule has 0 aliphatic rings. The molecular formula is C16H28IN3O2. The molecule has 5 nitrogen and oxygen atoms in total. The van der Waals surface area contributed by atoms with Gasteiger partial charge in [-0.05, 0) is 39.8 Å². The highest BCUT2D eigenvalue weighted by atomic mass is 127. The van der Waals surface area contributed by atoms with Gasteiger partial charge in [-0.15, -0.1) is 24.0 Å². The third-order valence-corrected chi connectivity index (χ3v) is 2.67. The van der Waals surface area contributed by atoms with Gasteiger partial charge in [-0.25, -0.2) is 0 Å². The minimum Gasteiger partial charge on any atom is -0.493 e. The van der Waals surface area contributed by atoms with E-state index in [9.17, 15) is 0 Å². The highest BCUT2D eigenvalue weighted by molar-refractivity contribution is 14.0. The molecule has 0 aliphatic carbocycles. The summed E-state index contributed by atoms with van der Waals surface area (Å²) >= 11 is 0. The Bertz CT molecular complexity index is 473. The van der Waals surface area contributed by atoms with Crippen LogP contribution in [0.5, 0.6) is 11.5 Å². The zero-order valence-electron chi connectivity index (χ0n) is 14.3. The fourth-order valence-electron chi connectivity index (χ4n) is 1.75. The van der Waals surface area contributed by atoms with Crippen LogP contribution in [0.3, 0.4) is 0 Å². The molecule has 126 valence electrons. The summed E-state index contributed by atoms with van der Waals surface area (Å²) in [6.07, 6.45) is -0.0141. The summed E-state index contributed by atoms with van der Waals surface area (Å²) in [5.41, 5.74) is -0.0331. The van der Waals surface area contributed by atoms with Crippen molar-refractivity contribution in [2.24, 2.45) is 4.99 Å². The molecule has 1 aromatic rings. The Hall–Kier alpha value is -1.18. The van der Waals surface area contributed by atoms with E-state index in [1.165, 1.54) is 0 Å². The Balaban J connectivity index is 0.00000441. The molecule has 2 N–H and O–H groups in total. The molecule has 0 saturated heterocycles. The number of nitrogens with zero attached hydrogens (tertiary/aromatic N) is 1. The lowest BCUT2D eigenvalue weighted by Crippen LogP contribution is -2.49. The average molecular weight is 421 g/mol. The molecule has 1 unspecified atom stereocenters. The van der Waals surface area contributed by atoms with Crippen molar-refractivity contribution in [1.29, 1.82) is 0 Å². The van der Waals surface area contributed by atoms with Crippen LogP contribution in [0.4, 0.5) is 0 Å². The maximum Gasteiger partial charge on any atom is 0.191 e. The maximum absolute atomic E-state index is 5.89. The first-order chi connectivity index (χ1) is 9.85. The summed E-state index contributed by atoms with van der Waals surface area (Å²) in [6.45, 7) is 8.93. The second-order valence-corrected chi connectivity index (χ2v) is 5.91. The zero-order chi connectivity index (χ0) is 15.9. The maximum atomic E-state index is 5.89. The van der Waals surface area contributed by atoms with Crippen molar-refractivity contribution in [3.8, 4) is 11.5 Å². The monoisotopic (exact) mass is 421 g/mol. The molecule has 1 aromatic carbocycles. The highest BCUT2D eigenvalue weighted by Gasteiger charge is 2.13. The lowest BCUT2D eigenvalue weighted by molar-refractivity contribution is 0.213. The lowest BCUT2D eigenvalue weighted by Gasteiger charge is -2.25. The molecule has 0 heterocycles. The number of nitrogens with one attached hydrogen (secondary N) is 2. The van der Waals surface area contributed by atoms with Gasteiger partial charge < -0.3 is 20.1 Å². The Morgan fingerprint density at radius 1 is 1.23 bits per heavy atom. The Kier molecular flexibility index (Phi) is 9.24. The van der Waals surface area contributed by atoms with Gasteiger partial charge in [-0.1, -0.05) is 12.1 Å². The quantitative estimate of drug-likeness (QED) is 0.436. The molecule has 0 radical (unpaired) electrons. The molecule has 0 saturated carbocycles. The van der Waals surface area contributed by atoms with Crippen LogP contribution in [-0.2, 0) is 0 Å². The number of rotatable bonds is 5. The molecule has 0 amide bonds. The second-order valence-electron chi connectivity index (χ2n) is 5.91. The van der Waals surface area contributed by atoms with Crippen LogP contribution in [0, 0.1) is 0 Å². The zero-order valence-corrected chi connectivity index (χ0v) is 16.6. The van der Waals surface area contributed by atoms with Gasteiger partial charge in [0, 0.05) is 12.6 Å². The van der Waals surface area contributed by atoms with Crippen molar-refractivity contribution < 1.29 is 9.47 Å². The van der Waals surface area contributed by atoms with Crippen molar-refractivity contribution in [2.75, 3.05) is 20.7 Å². The van der Waals surface area contributed by atoms with E-state index in [1.54, 1.807) is 14.2 Å². The average Bonchev–Trinajstić information content (AvgIpc) is 2.42. The Morgan fingerprint density at radius 3 is 2.32 bits per heavy atom. The van der Waals surface area contributed by atoms with E-state index < -0.39 is 0 Å². The number of halogens is 1. The first-order valence-corrected chi connectivity index (χ1v) is 7.14. The van der Waals surface area contributed by atoms with Crippen molar-refractivity contribution in [1.82, 2.24) is 10.6 Å². The first-order valence-electron chi connectivity index (χ1n) is 7.14. The summed E-state index contributed by atoms with van der Waals surface area (Å²) in [5.74, 6) is 2.24. The smallest absolute Gasteiger partial charge is 0.191 e. The van der Waals surface area contributed by atoms with Crippen molar-refractivity contribution >= 4 is 29.9 Å². The molecule has 6 heteroatoms. The summed E-state index contributed by atoms with van der Waals surface area (Å²) in [4.78, 5) is 4.20. The number of methoxy groups -OCH3 is 1. The van der Waals surface area contributed by atoms with Gasteiger partial charge in [-0.2, -0.15) is 0 Å². The van der Waals surface area contributed by atoms with E-state index >= 15 is 0 Å². The van der Waals surface area contributed by atoms with Crippen molar-refractivity contribution in [3.05, 3.63) is 24.3 Å². The number of guanidine groups is 1. The summed E-state index contributed by atoms with van der Waals surface area (Å²) in [5, 5.41) is 6.56. The normalized spacial score (nSPS) is 12.9. The van der Waals surface area contributed by atoms with E-state index in [0.717, 1.165) is 17.5 Å². The number of benzene rings is 1. The van der Waals surface area contributed by atoms with Gasteiger partial charge >= 0.3 is 0 Å². The highest BCUT2D eigenvalue weighted by Crippen LogP contribution is 2.26. The van der Waals surface area contributed by atoms with Crippen molar-refractivity contribution in [3.63, 3.8) is 0 Å². The molecule has 0 aromatic heterocycles. The molecule has 0 fully saturated rings. The largest absolute Gasteiger partial charge is 0.493 e. The summed E-state index contributed by atoms with van der Waals surface area (Å²) in [6, 6.07) is 7.63. The molecule has 22 heavy (non-hydrogen) atoms. The van der Waals surface area contributed by atoms with Gasteiger partial charge in [0.05, 0.1) is 13.7 Å². The number of ether oxygens (including phenoxy) is 2. The topological polar surface area (TPSA) is 54.9 Å². The minimum absolute atomic E-state index is 0. The van der Waals surface area contributed by atoms with Crippen LogP contribution in [0.2, 0.25) is 0 Å². The molecule has 1 rings (SSSR count). The molecular weight excluding hydrogens is 393 g/mol. The molecule has 0 spiro atoms. The van der Waals surface area contributed by atoms with E-state index in [-0.39, 0.29) is 35.6 Å². The SMILES string of the molecule is CN=C(NCC(C)Oc1ccccc1OC)NC(C)(C)C.I. The van der Waals surface area contributed by atoms with Gasteiger partial charge in [-0.3, -0.25) is 4.99 Å². The molecule has 0 aliphatic heterocycles. The Morgan fingerprint density at radius 2 is 1.82 bits per heavy atom. The number of hydrogen-bond acceptors (Lipinski definition) is 3. The molecule has 0 bridgehead atoms. The fraction of sp³-hybridized carbons (Fsp3) is 0.562. The van der Waals surface area contributed by atoms with Crippen LogP contribution in [-0.4, -0.2) is 38.3 Å². The number of aliphatic imine (C=N–C) groups is 1.